The van der Waals surface area contributed by atoms with E-state index < -0.39 is 0 Å². The molecule has 0 bridgehead atoms. The van der Waals surface area contributed by atoms with Crippen LogP contribution in [-0.4, -0.2) is 18.3 Å². The van der Waals surface area contributed by atoms with Gasteiger partial charge in [0.25, 0.3) is 0 Å². The number of anilines is 2. The molecule has 4 N–H and O–H groups in total. The van der Waals surface area contributed by atoms with Gasteiger partial charge in [0.2, 0.25) is 0 Å². The molecule has 0 fully saturated rings. The maximum absolute atomic E-state index is 8.61. The van der Waals surface area contributed by atoms with Crippen LogP contribution >= 0.6 is 15.9 Å². The summed E-state index contributed by atoms with van der Waals surface area (Å²) in [5, 5.41) is 12.4. The normalized spacial score (nSPS) is 10.0. The van der Waals surface area contributed by atoms with Crippen molar-refractivity contribution in [2.24, 2.45) is 0 Å². The van der Waals surface area contributed by atoms with Crippen LogP contribution in [0, 0.1) is 0 Å². The zero-order chi connectivity index (χ0) is 9.68. The zero-order valence-corrected chi connectivity index (χ0v) is 8.84. The van der Waals surface area contributed by atoms with Gasteiger partial charge in [-0.15, -0.1) is 0 Å². The quantitative estimate of drug-likeness (QED) is 0.557. The van der Waals surface area contributed by atoms with E-state index in [0.717, 1.165) is 16.6 Å². The van der Waals surface area contributed by atoms with E-state index in [4.69, 9.17) is 10.8 Å². The highest BCUT2D eigenvalue weighted by molar-refractivity contribution is 9.08. The van der Waals surface area contributed by atoms with Crippen LogP contribution in [0.4, 0.5) is 11.4 Å². The minimum absolute atomic E-state index is 0.111. The van der Waals surface area contributed by atoms with E-state index >= 15 is 0 Å². The van der Waals surface area contributed by atoms with Gasteiger partial charge in [-0.25, -0.2) is 0 Å². The zero-order valence-electron chi connectivity index (χ0n) is 7.26. The SMILES string of the molecule is Nc1cc(CBr)ccc1NCCO. The minimum atomic E-state index is 0.111. The van der Waals surface area contributed by atoms with E-state index in [0.29, 0.717) is 12.2 Å². The fourth-order valence-corrected chi connectivity index (χ4v) is 1.40. The van der Waals surface area contributed by atoms with Crippen molar-refractivity contribution in [1.82, 2.24) is 0 Å². The van der Waals surface area contributed by atoms with E-state index in [-0.39, 0.29) is 6.61 Å². The van der Waals surface area contributed by atoms with Crippen molar-refractivity contribution >= 4 is 27.3 Å². The fraction of sp³-hybridized carbons (Fsp3) is 0.333. The molecule has 0 aromatic heterocycles. The first kappa shape index (κ1) is 10.3. The molecule has 1 rings (SSSR count). The van der Waals surface area contributed by atoms with Crippen molar-refractivity contribution in [1.29, 1.82) is 0 Å². The molecule has 0 saturated carbocycles. The summed E-state index contributed by atoms with van der Waals surface area (Å²) in [4.78, 5) is 0. The first-order valence-electron chi connectivity index (χ1n) is 4.07. The molecule has 0 unspecified atom stereocenters. The van der Waals surface area contributed by atoms with Crippen molar-refractivity contribution in [2.45, 2.75) is 5.33 Å². The summed E-state index contributed by atoms with van der Waals surface area (Å²) >= 11 is 3.35. The van der Waals surface area contributed by atoms with Gasteiger partial charge in [0.05, 0.1) is 18.0 Å². The second-order valence-corrected chi connectivity index (χ2v) is 3.27. The Morgan fingerprint density at radius 2 is 2.23 bits per heavy atom. The largest absolute Gasteiger partial charge is 0.397 e. The molecule has 13 heavy (non-hydrogen) atoms. The molecule has 0 aliphatic carbocycles. The molecular formula is C9H13BrN2O. The number of halogens is 1. The van der Waals surface area contributed by atoms with E-state index in [2.05, 4.69) is 21.2 Å². The summed E-state index contributed by atoms with van der Waals surface area (Å²) in [5.41, 5.74) is 8.51. The summed E-state index contributed by atoms with van der Waals surface area (Å²) in [5.74, 6) is 0. The Balaban J connectivity index is 2.73. The fourth-order valence-electron chi connectivity index (χ4n) is 1.05. The molecule has 72 valence electrons. The third kappa shape index (κ3) is 2.90. The van der Waals surface area contributed by atoms with Crippen molar-refractivity contribution in [2.75, 3.05) is 24.2 Å². The van der Waals surface area contributed by atoms with Crippen LogP contribution in [0.5, 0.6) is 0 Å². The summed E-state index contributed by atoms with van der Waals surface area (Å²) in [6.45, 7) is 0.636. The molecule has 4 heteroatoms. The number of alkyl halides is 1. The molecule has 0 heterocycles. The van der Waals surface area contributed by atoms with Gasteiger partial charge in [-0.3, -0.25) is 0 Å². The highest BCUT2D eigenvalue weighted by atomic mass is 79.9. The molecule has 0 spiro atoms. The minimum Gasteiger partial charge on any atom is -0.397 e. The molecule has 1 aromatic rings. The number of hydrogen-bond acceptors (Lipinski definition) is 3. The van der Waals surface area contributed by atoms with Gasteiger partial charge in [0, 0.05) is 11.9 Å². The van der Waals surface area contributed by atoms with E-state index in [1.165, 1.54) is 0 Å². The van der Waals surface area contributed by atoms with Crippen molar-refractivity contribution in [3.63, 3.8) is 0 Å². The van der Waals surface area contributed by atoms with Crippen LogP contribution in [0.1, 0.15) is 5.56 Å². The van der Waals surface area contributed by atoms with Gasteiger partial charge >= 0.3 is 0 Å². The number of aliphatic hydroxyl groups is 1. The topological polar surface area (TPSA) is 58.3 Å². The van der Waals surface area contributed by atoms with Crippen molar-refractivity contribution in [3.8, 4) is 0 Å². The molecule has 3 nitrogen and oxygen atoms in total. The third-order valence-electron chi connectivity index (χ3n) is 1.70. The first-order valence-corrected chi connectivity index (χ1v) is 5.19. The smallest absolute Gasteiger partial charge is 0.0604 e. The lowest BCUT2D eigenvalue weighted by Gasteiger charge is -2.08. The third-order valence-corrected chi connectivity index (χ3v) is 2.35. The number of nitrogen functional groups attached to an aromatic ring is 1. The highest BCUT2D eigenvalue weighted by Crippen LogP contribution is 2.20. The van der Waals surface area contributed by atoms with Crippen LogP contribution in [0.25, 0.3) is 0 Å². The molecule has 0 radical (unpaired) electrons. The van der Waals surface area contributed by atoms with Gasteiger partial charge in [-0.2, -0.15) is 0 Å². The van der Waals surface area contributed by atoms with Crippen LogP contribution < -0.4 is 11.1 Å². The van der Waals surface area contributed by atoms with E-state index in [1.807, 2.05) is 18.2 Å². The lowest BCUT2D eigenvalue weighted by atomic mass is 10.2. The number of nitrogens with two attached hydrogens (primary N) is 1. The van der Waals surface area contributed by atoms with Gasteiger partial charge in [0.1, 0.15) is 0 Å². The summed E-state index contributed by atoms with van der Waals surface area (Å²) in [7, 11) is 0. The van der Waals surface area contributed by atoms with Crippen molar-refractivity contribution < 1.29 is 5.11 Å². The molecule has 0 aliphatic rings. The Bertz CT molecular complexity index is 278. The second-order valence-electron chi connectivity index (χ2n) is 2.71. The van der Waals surface area contributed by atoms with Crippen LogP contribution in [0.3, 0.4) is 0 Å². The standard InChI is InChI=1S/C9H13BrN2O/c10-6-7-1-2-9(8(11)5-7)12-3-4-13/h1-2,5,12-13H,3-4,6,11H2. The number of rotatable bonds is 4. The molecule has 0 aliphatic heterocycles. The maximum Gasteiger partial charge on any atom is 0.0604 e. The summed E-state index contributed by atoms with van der Waals surface area (Å²) < 4.78 is 0. The number of benzene rings is 1. The first-order chi connectivity index (χ1) is 6.27. The van der Waals surface area contributed by atoms with Gasteiger partial charge in [-0.1, -0.05) is 22.0 Å². The van der Waals surface area contributed by atoms with Gasteiger partial charge in [-0.05, 0) is 17.7 Å². The van der Waals surface area contributed by atoms with Crippen LogP contribution in [0.15, 0.2) is 18.2 Å². The average Bonchev–Trinajstić information content (AvgIpc) is 2.16. The second kappa shape index (κ2) is 5.09. The average molecular weight is 245 g/mol. The monoisotopic (exact) mass is 244 g/mol. The Hall–Kier alpha value is -0.740. The van der Waals surface area contributed by atoms with E-state index in [1.54, 1.807) is 0 Å². The lowest BCUT2D eigenvalue weighted by Crippen LogP contribution is -2.07. The van der Waals surface area contributed by atoms with Crippen LogP contribution in [0.2, 0.25) is 0 Å². The lowest BCUT2D eigenvalue weighted by molar-refractivity contribution is 0.311. The molecule has 0 atom stereocenters. The maximum atomic E-state index is 8.61. The molecular weight excluding hydrogens is 232 g/mol. The van der Waals surface area contributed by atoms with Crippen molar-refractivity contribution in [3.05, 3.63) is 23.8 Å². The summed E-state index contributed by atoms with van der Waals surface area (Å²) in [6.07, 6.45) is 0. The number of aliphatic hydroxyl groups excluding tert-OH is 1. The highest BCUT2D eigenvalue weighted by Gasteiger charge is 1.98. The van der Waals surface area contributed by atoms with E-state index in [9.17, 15) is 0 Å². The molecule has 0 amide bonds. The van der Waals surface area contributed by atoms with Gasteiger partial charge < -0.3 is 16.2 Å². The Kier molecular flexibility index (Phi) is 4.05. The number of nitrogens with one attached hydrogen (secondary N) is 1. The predicted molar refractivity (Wildman–Crippen MR) is 59.1 cm³/mol. The van der Waals surface area contributed by atoms with Crippen LogP contribution in [-0.2, 0) is 5.33 Å². The Morgan fingerprint density at radius 3 is 2.77 bits per heavy atom. The number of hydrogen-bond donors (Lipinski definition) is 3. The molecule has 0 saturated heterocycles. The Labute approximate surface area is 86.1 Å². The summed E-state index contributed by atoms with van der Waals surface area (Å²) in [6, 6.07) is 5.82. The van der Waals surface area contributed by atoms with Gasteiger partial charge in [0.15, 0.2) is 0 Å². The Morgan fingerprint density at radius 1 is 1.46 bits per heavy atom. The predicted octanol–water partition coefficient (Wildman–Crippen LogP) is 1.57. The molecule has 1 aromatic carbocycles.